The molecule has 1 aliphatic rings. The summed E-state index contributed by atoms with van der Waals surface area (Å²) in [6.07, 6.45) is 4.29. The molecule has 1 heterocycles. The number of benzene rings is 2. The summed E-state index contributed by atoms with van der Waals surface area (Å²) >= 11 is 0. The Hall–Kier alpha value is -3.34. The molecule has 1 fully saturated rings. The number of hydrogen-bond acceptors (Lipinski definition) is 4. The van der Waals surface area contributed by atoms with Crippen LogP contribution in [0.1, 0.15) is 28.8 Å². The lowest BCUT2D eigenvalue weighted by Crippen LogP contribution is -1.99. The highest BCUT2D eigenvalue weighted by Crippen LogP contribution is 2.30. The summed E-state index contributed by atoms with van der Waals surface area (Å²) in [7, 11) is 0. The molecule has 28 heavy (non-hydrogen) atoms. The van der Waals surface area contributed by atoms with Crippen LogP contribution < -0.4 is 9.47 Å². The van der Waals surface area contributed by atoms with E-state index < -0.39 is 5.97 Å². The van der Waals surface area contributed by atoms with Crippen LogP contribution in [-0.4, -0.2) is 22.7 Å². The van der Waals surface area contributed by atoms with E-state index >= 15 is 0 Å². The van der Waals surface area contributed by atoms with E-state index in [0.717, 1.165) is 34.9 Å². The molecule has 2 aromatic carbocycles. The van der Waals surface area contributed by atoms with Crippen molar-refractivity contribution in [3.05, 3.63) is 78.0 Å². The van der Waals surface area contributed by atoms with E-state index in [1.807, 2.05) is 36.4 Å². The van der Waals surface area contributed by atoms with Gasteiger partial charge in [0.1, 0.15) is 18.1 Å². The molecule has 1 N–H and O–H groups in total. The molecule has 1 aromatic heterocycles. The van der Waals surface area contributed by atoms with Crippen LogP contribution in [0.25, 0.3) is 11.3 Å². The maximum Gasteiger partial charge on any atom is 0.335 e. The van der Waals surface area contributed by atoms with Gasteiger partial charge in [0.2, 0.25) is 0 Å². The summed E-state index contributed by atoms with van der Waals surface area (Å²) < 4.78 is 11.6. The van der Waals surface area contributed by atoms with Crippen molar-refractivity contribution in [2.75, 3.05) is 6.61 Å². The first-order valence-electron chi connectivity index (χ1n) is 9.32. The van der Waals surface area contributed by atoms with E-state index in [1.54, 1.807) is 30.5 Å². The van der Waals surface area contributed by atoms with Gasteiger partial charge >= 0.3 is 5.97 Å². The smallest absolute Gasteiger partial charge is 0.335 e. The third-order valence-corrected chi connectivity index (χ3v) is 4.66. The Morgan fingerprint density at radius 3 is 2.50 bits per heavy atom. The number of hydrogen-bond donors (Lipinski definition) is 1. The monoisotopic (exact) mass is 375 g/mol. The van der Waals surface area contributed by atoms with E-state index in [9.17, 15) is 4.79 Å². The van der Waals surface area contributed by atoms with Gasteiger partial charge in [0.05, 0.1) is 24.1 Å². The average Bonchev–Trinajstić information content (AvgIpc) is 3.56. The third kappa shape index (κ3) is 4.68. The summed E-state index contributed by atoms with van der Waals surface area (Å²) in [6, 6.07) is 18.3. The molecule has 0 amide bonds. The van der Waals surface area contributed by atoms with Gasteiger partial charge in [-0.3, -0.25) is 4.98 Å². The zero-order chi connectivity index (χ0) is 19.3. The zero-order valence-corrected chi connectivity index (χ0v) is 15.4. The molecule has 0 bridgehead atoms. The van der Waals surface area contributed by atoms with Crippen molar-refractivity contribution in [2.24, 2.45) is 5.92 Å². The number of aromatic nitrogens is 1. The summed E-state index contributed by atoms with van der Waals surface area (Å²) in [5.41, 5.74) is 2.99. The van der Waals surface area contributed by atoms with Crippen LogP contribution in [0.5, 0.6) is 11.5 Å². The van der Waals surface area contributed by atoms with Crippen molar-refractivity contribution in [1.82, 2.24) is 4.98 Å². The number of rotatable bonds is 8. The molecule has 4 rings (SSSR count). The minimum Gasteiger partial charge on any atom is -0.492 e. The zero-order valence-electron chi connectivity index (χ0n) is 15.4. The van der Waals surface area contributed by atoms with Crippen molar-refractivity contribution in [1.29, 1.82) is 0 Å². The first-order chi connectivity index (χ1) is 13.7. The Kier molecular flexibility index (Phi) is 5.24. The van der Waals surface area contributed by atoms with Crippen LogP contribution in [0.15, 0.2) is 66.9 Å². The van der Waals surface area contributed by atoms with Gasteiger partial charge in [0.15, 0.2) is 0 Å². The Morgan fingerprint density at radius 1 is 1.00 bits per heavy atom. The second-order valence-corrected chi connectivity index (χ2v) is 6.95. The molecule has 3 aromatic rings. The third-order valence-electron chi connectivity index (χ3n) is 4.66. The van der Waals surface area contributed by atoms with Crippen LogP contribution in [0.3, 0.4) is 0 Å². The Labute approximate surface area is 163 Å². The van der Waals surface area contributed by atoms with Gasteiger partial charge in [-0.2, -0.15) is 0 Å². The predicted molar refractivity (Wildman–Crippen MR) is 106 cm³/mol. The number of carbonyl (C=O) groups is 1. The van der Waals surface area contributed by atoms with Gasteiger partial charge in [0, 0.05) is 5.56 Å². The van der Waals surface area contributed by atoms with Crippen LogP contribution >= 0.6 is 0 Å². The number of aromatic carboxylic acids is 1. The molecule has 1 saturated carbocycles. The molecule has 5 nitrogen and oxygen atoms in total. The van der Waals surface area contributed by atoms with Gasteiger partial charge in [-0.05, 0) is 60.7 Å². The molecule has 5 heteroatoms. The van der Waals surface area contributed by atoms with Gasteiger partial charge in [-0.25, -0.2) is 4.79 Å². The first-order valence-corrected chi connectivity index (χ1v) is 9.32. The lowest BCUT2D eigenvalue weighted by Gasteiger charge is -2.09. The summed E-state index contributed by atoms with van der Waals surface area (Å²) in [5, 5.41) is 8.95. The van der Waals surface area contributed by atoms with Crippen molar-refractivity contribution >= 4 is 5.97 Å². The van der Waals surface area contributed by atoms with E-state index in [4.69, 9.17) is 14.6 Å². The van der Waals surface area contributed by atoms with Crippen molar-refractivity contribution in [3.8, 4) is 22.8 Å². The summed E-state index contributed by atoms with van der Waals surface area (Å²) in [4.78, 5) is 15.4. The van der Waals surface area contributed by atoms with E-state index in [-0.39, 0.29) is 5.56 Å². The fourth-order valence-electron chi connectivity index (χ4n) is 2.79. The second kappa shape index (κ2) is 8.13. The lowest BCUT2D eigenvalue weighted by atomic mass is 10.1. The normalized spacial score (nSPS) is 13.1. The van der Waals surface area contributed by atoms with Crippen LogP contribution in [0, 0.1) is 5.92 Å². The molecule has 0 saturated heterocycles. The number of pyridine rings is 1. The molecule has 0 unspecified atom stereocenters. The lowest BCUT2D eigenvalue weighted by molar-refractivity contribution is 0.0697. The molecule has 1 aliphatic carbocycles. The Bertz CT molecular complexity index is 947. The quantitative estimate of drug-likeness (QED) is 0.612. The molecule has 142 valence electrons. The van der Waals surface area contributed by atoms with Gasteiger partial charge < -0.3 is 14.6 Å². The fraction of sp³-hybridized carbons (Fsp3) is 0.217. The van der Waals surface area contributed by atoms with Crippen molar-refractivity contribution < 1.29 is 19.4 Å². The summed E-state index contributed by atoms with van der Waals surface area (Å²) in [6.45, 7) is 1.14. The molecular weight excluding hydrogens is 354 g/mol. The largest absolute Gasteiger partial charge is 0.492 e. The van der Waals surface area contributed by atoms with Gasteiger partial charge in [-0.15, -0.1) is 0 Å². The minimum atomic E-state index is -0.934. The fourth-order valence-corrected chi connectivity index (χ4v) is 2.79. The molecule has 0 aliphatic heterocycles. The topological polar surface area (TPSA) is 68.7 Å². The maximum atomic E-state index is 10.9. The van der Waals surface area contributed by atoms with Crippen molar-refractivity contribution in [3.63, 3.8) is 0 Å². The molecule has 0 radical (unpaired) electrons. The van der Waals surface area contributed by atoms with Gasteiger partial charge in [-0.1, -0.05) is 24.3 Å². The maximum absolute atomic E-state index is 10.9. The number of carboxylic acid groups (broad SMARTS) is 1. The van der Waals surface area contributed by atoms with E-state index in [0.29, 0.717) is 12.5 Å². The molecule has 0 atom stereocenters. The number of nitrogens with zero attached hydrogens (tertiary/aromatic N) is 1. The standard InChI is InChI=1S/C23H21NO4/c25-23(26)18-8-6-17(7-9-18)14-27-20-3-1-2-19(12-20)22-11-10-21(13-24-22)28-15-16-4-5-16/h1-3,6-13,16H,4-5,14-15H2,(H,25,26). The van der Waals surface area contributed by atoms with E-state index in [1.165, 1.54) is 12.8 Å². The Morgan fingerprint density at radius 2 is 1.82 bits per heavy atom. The SMILES string of the molecule is O=C(O)c1ccc(COc2cccc(-c3ccc(OCC4CC4)cn3)c2)cc1. The van der Waals surface area contributed by atoms with Crippen molar-refractivity contribution in [2.45, 2.75) is 19.4 Å². The highest BCUT2D eigenvalue weighted by atomic mass is 16.5. The van der Waals surface area contributed by atoms with Crippen LogP contribution in [-0.2, 0) is 6.61 Å². The molecular formula is C23H21NO4. The highest BCUT2D eigenvalue weighted by Gasteiger charge is 2.21. The average molecular weight is 375 g/mol. The predicted octanol–water partition coefficient (Wildman–Crippen LogP) is 4.81. The number of carboxylic acids is 1. The van der Waals surface area contributed by atoms with Crippen LogP contribution in [0.4, 0.5) is 0 Å². The number of ether oxygens (including phenoxy) is 2. The Balaban J connectivity index is 1.38. The second-order valence-electron chi connectivity index (χ2n) is 6.95. The van der Waals surface area contributed by atoms with E-state index in [2.05, 4.69) is 4.98 Å². The first kappa shape index (κ1) is 18.0. The van der Waals surface area contributed by atoms with Crippen LogP contribution in [0.2, 0.25) is 0 Å². The minimum absolute atomic E-state index is 0.265. The summed E-state index contributed by atoms with van der Waals surface area (Å²) in [5.74, 6) is 1.31. The van der Waals surface area contributed by atoms with Gasteiger partial charge in [0.25, 0.3) is 0 Å². The molecule has 0 spiro atoms. The highest BCUT2D eigenvalue weighted by molar-refractivity contribution is 5.87.